The van der Waals surface area contributed by atoms with Crippen LogP contribution in [0, 0.1) is 0 Å². The molecular weight excluding hydrogens is 480 g/mol. The van der Waals surface area contributed by atoms with Crippen molar-refractivity contribution in [2.45, 2.75) is 84.3 Å². The lowest BCUT2D eigenvalue weighted by Gasteiger charge is -2.26. The molecular formula is C23H34N2O9S. The van der Waals surface area contributed by atoms with Crippen molar-refractivity contribution >= 4 is 28.5 Å². The molecule has 1 saturated heterocycles. The summed E-state index contributed by atoms with van der Waals surface area (Å²) in [5, 5.41) is 2.55. The molecule has 2 rings (SSSR count). The summed E-state index contributed by atoms with van der Waals surface area (Å²) < 4.78 is 46.5. The fraction of sp³-hybridized carbons (Fsp3) is 0.609. The number of ether oxygens (including phenoxy) is 3. The zero-order valence-corrected chi connectivity index (χ0v) is 21.7. The van der Waals surface area contributed by atoms with Gasteiger partial charge in [-0.05, 0) is 59.9 Å². The largest absolute Gasteiger partial charge is 0.459 e. The average molecular weight is 515 g/mol. The van der Waals surface area contributed by atoms with E-state index in [0.717, 1.165) is 0 Å². The third-order valence-electron chi connectivity index (χ3n) is 4.46. The molecule has 0 bridgehead atoms. The zero-order valence-electron chi connectivity index (χ0n) is 20.9. The molecule has 2 atom stereocenters. The molecule has 0 aliphatic carbocycles. The van der Waals surface area contributed by atoms with Crippen molar-refractivity contribution in [3.05, 3.63) is 35.9 Å². The predicted octanol–water partition coefficient (Wildman–Crippen LogP) is 3.28. The Morgan fingerprint density at radius 3 is 2.17 bits per heavy atom. The van der Waals surface area contributed by atoms with Crippen molar-refractivity contribution in [3.8, 4) is 0 Å². The molecule has 35 heavy (non-hydrogen) atoms. The zero-order chi connectivity index (χ0) is 26.4. The topological polar surface area (TPSA) is 138 Å². The molecule has 0 saturated carbocycles. The Morgan fingerprint density at radius 1 is 1.00 bits per heavy atom. The summed E-state index contributed by atoms with van der Waals surface area (Å²) in [7, 11) is -4.62. The molecule has 11 nitrogen and oxygen atoms in total. The number of amides is 2. The fourth-order valence-electron chi connectivity index (χ4n) is 3.13. The highest BCUT2D eigenvalue weighted by Gasteiger charge is 2.54. The van der Waals surface area contributed by atoms with E-state index in [0.29, 0.717) is 5.56 Å². The Hall–Kier alpha value is -2.86. The molecule has 2 amide bonds. The number of nitrogens with zero attached hydrogens (tertiary/aromatic N) is 1. The number of carbonyl (C=O) groups is 3. The highest BCUT2D eigenvalue weighted by atomic mass is 32.2. The second-order valence-corrected chi connectivity index (χ2v) is 11.4. The SMILES string of the molecule is CC(C)(C)OC(=O)NCCC[C@@H]1OS(=O)(=O)N(C(=O)OC(C)(C)C)[C@@H]1C(=O)OCc1ccccc1. The molecule has 1 aliphatic heterocycles. The number of esters is 1. The van der Waals surface area contributed by atoms with Crippen LogP contribution in [0.25, 0.3) is 0 Å². The Balaban J connectivity index is 2.14. The quantitative estimate of drug-likeness (QED) is 0.330. The Kier molecular flexibility index (Phi) is 9.12. The van der Waals surface area contributed by atoms with Gasteiger partial charge in [0.15, 0.2) is 6.04 Å². The van der Waals surface area contributed by atoms with Crippen LogP contribution < -0.4 is 5.32 Å². The molecule has 1 heterocycles. The maximum absolute atomic E-state index is 13.0. The van der Waals surface area contributed by atoms with Crippen molar-refractivity contribution in [2.24, 2.45) is 0 Å². The van der Waals surface area contributed by atoms with E-state index >= 15 is 0 Å². The van der Waals surface area contributed by atoms with E-state index in [2.05, 4.69) is 5.32 Å². The first-order valence-electron chi connectivity index (χ1n) is 11.2. The van der Waals surface area contributed by atoms with Gasteiger partial charge in [0.05, 0.1) is 0 Å². The molecule has 0 radical (unpaired) electrons. The Labute approximate surface area is 206 Å². The predicted molar refractivity (Wildman–Crippen MR) is 125 cm³/mol. The van der Waals surface area contributed by atoms with Crippen molar-refractivity contribution in [3.63, 3.8) is 0 Å². The van der Waals surface area contributed by atoms with Gasteiger partial charge < -0.3 is 19.5 Å². The van der Waals surface area contributed by atoms with Crippen LogP contribution in [0.1, 0.15) is 59.9 Å². The molecule has 0 aromatic heterocycles. The van der Waals surface area contributed by atoms with Gasteiger partial charge >= 0.3 is 28.5 Å². The van der Waals surface area contributed by atoms with Crippen molar-refractivity contribution in [1.29, 1.82) is 0 Å². The van der Waals surface area contributed by atoms with Crippen molar-refractivity contribution in [1.82, 2.24) is 9.62 Å². The molecule has 1 fully saturated rings. The number of hydrogen-bond donors (Lipinski definition) is 1. The first-order chi connectivity index (χ1) is 16.1. The van der Waals surface area contributed by atoms with Crippen molar-refractivity contribution < 1.29 is 41.2 Å². The fourth-order valence-corrected chi connectivity index (χ4v) is 4.46. The van der Waals surface area contributed by atoms with E-state index < -0.39 is 51.8 Å². The van der Waals surface area contributed by atoms with Crippen LogP contribution in [-0.4, -0.2) is 60.8 Å². The summed E-state index contributed by atoms with van der Waals surface area (Å²) in [6.07, 6.45) is -2.83. The minimum Gasteiger partial charge on any atom is -0.459 e. The van der Waals surface area contributed by atoms with Gasteiger partial charge in [0.25, 0.3) is 0 Å². The molecule has 1 aromatic rings. The lowest BCUT2D eigenvalue weighted by Crippen LogP contribution is -2.49. The summed E-state index contributed by atoms with van der Waals surface area (Å²) in [6, 6.07) is 7.22. The second-order valence-electron chi connectivity index (χ2n) is 9.98. The van der Waals surface area contributed by atoms with E-state index in [9.17, 15) is 22.8 Å². The summed E-state index contributed by atoms with van der Waals surface area (Å²) >= 11 is 0. The van der Waals surface area contributed by atoms with E-state index in [4.69, 9.17) is 18.4 Å². The maximum Gasteiger partial charge on any atom is 0.426 e. The van der Waals surface area contributed by atoms with Gasteiger partial charge in [0.2, 0.25) is 0 Å². The smallest absolute Gasteiger partial charge is 0.426 e. The van der Waals surface area contributed by atoms with Gasteiger partial charge in [-0.1, -0.05) is 30.3 Å². The van der Waals surface area contributed by atoms with E-state index in [1.807, 2.05) is 0 Å². The minimum absolute atomic E-state index is 0.0272. The lowest BCUT2D eigenvalue weighted by molar-refractivity contribution is -0.151. The molecule has 196 valence electrons. The number of benzene rings is 1. The summed E-state index contributed by atoms with van der Waals surface area (Å²) in [6.45, 7) is 9.88. The van der Waals surface area contributed by atoms with Gasteiger partial charge in [0.1, 0.15) is 23.9 Å². The number of nitrogens with one attached hydrogen (secondary N) is 1. The van der Waals surface area contributed by atoms with E-state index in [1.54, 1.807) is 71.9 Å². The Bertz CT molecular complexity index is 998. The average Bonchev–Trinajstić information content (AvgIpc) is 2.98. The van der Waals surface area contributed by atoms with Crippen LogP contribution in [0.15, 0.2) is 30.3 Å². The highest BCUT2D eigenvalue weighted by Crippen LogP contribution is 2.31. The lowest BCUT2D eigenvalue weighted by atomic mass is 10.1. The number of carbonyl (C=O) groups excluding carboxylic acids is 3. The van der Waals surface area contributed by atoms with E-state index in [1.165, 1.54) is 0 Å². The number of hydrogen-bond acceptors (Lipinski definition) is 9. The molecule has 12 heteroatoms. The summed E-state index contributed by atoms with van der Waals surface area (Å²) in [5.74, 6) is -0.953. The third-order valence-corrected chi connectivity index (χ3v) is 5.81. The number of rotatable bonds is 7. The number of alkyl carbamates (subject to hydrolysis) is 1. The van der Waals surface area contributed by atoms with Crippen LogP contribution in [0.5, 0.6) is 0 Å². The van der Waals surface area contributed by atoms with Crippen LogP contribution in [0.2, 0.25) is 0 Å². The minimum atomic E-state index is -4.62. The first-order valence-corrected chi connectivity index (χ1v) is 12.6. The normalized spacial score (nSPS) is 19.7. The summed E-state index contributed by atoms with van der Waals surface area (Å²) in [5.41, 5.74) is -1.00. The molecule has 0 spiro atoms. The highest BCUT2D eigenvalue weighted by molar-refractivity contribution is 7.85. The molecule has 1 N–H and O–H groups in total. The van der Waals surface area contributed by atoms with Gasteiger partial charge in [-0.3, -0.25) is 0 Å². The van der Waals surface area contributed by atoms with Gasteiger partial charge in [-0.15, -0.1) is 0 Å². The maximum atomic E-state index is 13.0. The molecule has 0 unspecified atom stereocenters. The van der Waals surface area contributed by atoms with Crippen LogP contribution in [0.4, 0.5) is 9.59 Å². The van der Waals surface area contributed by atoms with Crippen LogP contribution >= 0.6 is 0 Å². The Morgan fingerprint density at radius 2 is 1.60 bits per heavy atom. The molecule has 1 aliphatic rings. The van der Waals surface area contributed by atoms with E-state index in [-0.39, 0.29) is 30.3 Å². The van der Waals surface area contributed by atoms with Gasteiger partial charge in [-0.2, -0.15) is 12.7 Å². The standard InChI is InChI=1S/C23H34N2O9S/c1-22(2,3)32-20(27)24-14-10-13-17-18(19(26)31-15-16-11-8-7-9-12-16)25(35(29,30)34-17)21(28)33-23(4,5)6/h7-9,11-12,17-18H,10,13-15H2,1-6H3,(H,24,27)/t17-,18-/m0/s1. The van der Waals surface area contributed by atoms with Crippen LogP contribution in [-0.2, 0) is 40.1 Å². The van der Waals surface area contributed by atoms with Gasteiger partial charge in [-0.25, -0.2) is 18.6 Å². The first kappa shape index (κ1) is 28.4. The van der Waals surface area contributed by atoms with Gasteiger partial charge in [0, 0.05) is 6.54 Å². The molecule has 1 aromatic carbocycles. The third kappa shape index (κ3) is 9.02. The second kappa shape index (κ2) is 11.3. The monoisotopic (exact) mass is 514 g/mol. The summed E-state index contributed by atoms with van der Waals surface area (Å²) in [4.78, 5) is 37.5. The van der Waals surface area contributed by atoms with Crippen LogP contribution in [0.3, 0.4) is 0 Å². The van der Waals surface area contributed by atoms with Crippen molar-refractivity contribution in [2.75, 3.05) is 6.54 Å².